The SMILES string of the molecule is C[N+](C)(C)Cc1ccccc1CC(O)c1ccccc1. The summed E-state index contributed by atoms with van der Waals surface area (Å²) in [6.07, 6.45) is 0.227. The van der Waals surface area contributed by atoms with Crippen LogP contribution >= 0.6 is 0 Å². The van der Waals surface area contributed by atoms with Crippen molar-refractivity contribution in [2.24, 2.45) is 0 Å². The van der Waals surface area contributed by atoms with Gasteiger partial charge in [0.15, 0.2) is 0 Å². The molecule has 2 aromatic carbocycles. The molecule has 0 saturated carbocycles. The number of benzene rings is 2. The Morgan fingerprint density at radius 3 is 2.00 bits per heavy atom. The molecule has 2 rings (SSSR count). The van der Waals surface area contributed by atoms with Gasteiger partial charge in [-0.2, -0.15) is 0 Å². The molecule has 1 unspecified atom stereocenters. The van der Waals surface area contributed by atoms with Crippen molar-refractivity contribution in [3.05, 3.63) is 71.3 Å². The van der Waals surface area contributed by atoms with Gasteiger partial charge >= 0.3 is 0 Å². The van der Waals surface area contributed by atoms with Gasteiger partial charge in [-0.05, 0) is 11.1 Å². The monoisotopic (exact) mass is 270 g/mol. The van der Waals surface area contributed by atoms with Crippen LogP contribution in [-0.2, 0) is 13.0 Å². The number of aliphatic hydroxyl groups excluding tert-OH is 1. The summed E-state index contributed by atoms with van der Waals surface area (Å²) >= 11 is 0. The third-order valence-corrected chi connectivity index (χ3v) is 3.36. The second kappa shape index (κ2) is 6.21. The highest BCUT2D eigenvalue weighted by molar-refractivity contribution is 5.29. The molecule has 0 spiro atoms. The zero-order valence-corrected chi connectivity index (χ0v) is 12.6. The summed E-state index contributed by atoms with van der Waals surface area (Å²) in [6.45, 7) is 0.970. The van der Waals surface area contributed by atoms with Gasteiger partial charge in [0.1, 0.15) is 6.54 Å². The lowest BCUT2D eigenvalue weighted by Crippen LogP contribution is -2.33. The van der Waals surface area contributed by atoms with E-state index in [1.54, 1.807) is 0 Å². The van der Waals surface area contributed by atoms with Crippen LogP contribution < -0.4 is 0 Å². The minimum absolute atomic E-state index is 0.440. The molecule has 0 aliphatic heterocycles. The predicted molar refractivity (Wildman–Crippen MR) is 83.3 cm³/mol. The second-order valence-electron chi connectivity index (χ2n) is 6.35. The summed E-state index contributed by atoms with van der Waals surface area (Å²) in [4.78, 5) is 0. The zero-order chi connectivity index (χ0) is 14.6. The van der Waals surface area contributed by atoms with Crippen LogP contribution in [-0.4, -0.2) is 30.7 Å². The molecule has 2 nitrogen and oxygen atoms in total. The molecule has 0 aliphatic carbocycles. The van der Waals surface area contributed by atoms with Crippen molar-refractivity contribution in [1.82, 2.24) is 0 Å². The van der Waals surface area contributed by atoms with E-state index in [0.29, 0.717) is 6.42 Å². The number of rotatable bonds is 5. The Labute approximate surface area is 121 Å². The first-order valence-electron chi connectivity index (χ1n) is 7.06. The number of hydrogen-bond donors (Lipinski definition) is 1. The van der Waals surface area contributed by atoms with Crippen molar-refractivity contribution in [2.75, 3.05) is 21.1 Å². The van der Waals surface area contributed by atoms with Crippen molar-refractivity contribution < 1.29 is 9.59 Å². The van der Waals surface area contributed by atoms with Gasteiger partial charge in [0.25, 0.3) is 0 Å². The molecule has 0 aromatic heterocycles. The van der Waals surface area contributed by atoms with E-state index in [9.17, 15) is 5.11 Å². The summed E-state index contributed by atoms with van der Waals surface area (Å²) in [6, 6.07) is 18.3. The molecule has 0 fully saturated rings. The van der Waals surface area contributed by atoms with Gasteiger partial charge in [-0.3, -0.25) is 0 Å². The summed E-state index contributed by atoms with van der Waals surface area (Å²) in [5.74, 6) is 0. The summed E-state index contributed by atoms with van der Waals surface area (Å²) in [5.41, 5.74) is 3.53. The molecule has 2 aromatic rings. The molecule has 0 heterocycles. The minimum atomic E-state index is -0.440. The van der Waals surface area contributed by atoms with Crippen LogP contribution in [0.1, 0.15) is 22.8 Å². The van der Waals surface area contributed by atoms with Gasteiger partial charge in [-0.1, -0.05) is 54.6 Å². The molecule has 1 N–H and O–H groups in total. The minimum Gasteiger partial charge on any atom is -0.388 e. The predicted octanol–water partition coefficient (Wildman–Crippen LogP) is 3.17. The molecule has 2 heteroatoms. The van der Waals surface area contributed by atoms with Crippen LogP contribution in [0.25, 0.3) is 0 Å². The first-order valence-corrected chi connectivity index (χ1v) is 7.06. The number of nitrogens with zero attached hydrogens (tertiary/aromatic N) is 1. The second-order valence-corrected chi connectivity index (χ2v) is 6.35. The van der Waals surface area contributed by atoms with Crippen LogP contribution in [0, 0.1) is 0 Å². The average molecular weight is 270 g/mol. The first-order chi connectivity index (χ1) is 9.46. The number of aliphatic hydroxyl groups is 1. The van der Waals surface area contributed by atoms with Crippen LogP contribution in [0.2, 0.25) is 0 Å². The Morgan fingerprint density at radius 1 is 0.850 bits per heavy atom. The van der Waals surface area contributed by atoms with Crippen molar-refractivity contribution >= 4 is 0 Å². The Kier molecular flexibility index (Phi) is 4.58. The van der Waals surface area contributed by atoms with Gasteiger partial charge in [0, 0.05) is 12.0 Å². The lowest BCUT2D eigenvalue weighted by Gasteiger charge is -2.25. The maximum atomic E-state index is 10.4. The van der Waals surface area contributed by atoms with Crippen LogP contribution in [0.5, 0.6) is 0 Å². The highest BCUT2D eigenvalue weighted by Crippen LogP contribution is 2.21. The van der Waals surface area contributed by atoms with E-state index in [4.69, 9.17) is 0 Å². The van der Waals surface area contributed by atoms with Crippen LogP contribution in [0.15, 0.2) is 54.6 Å². The van der Waals surface area contributed by atoms with Gasteiger partial charge in [-0.15, -0.1) is 0 Å². The quantitative estimate of drug-likeness (QED) is 0.827. The van der Waals surface area contributed by atoms with Gasteiger partial charge in [0.05, 0.1) is 27.2 Å². The topological polar surface area (TPSA) is 20.2 Å². The molecule has 0 aliphatic rings. The highest BCUT2D eigenvalue weighted by atomic mass is 16.3. The molecule has 20 heavy (non-hydrogen) atoms. The summed E-state index contributed by atoms with van der Waals surface area (Å²) in [7, 11) is 6.55. The Balaban J connectivity index is 2.17. The highest BCUT2D eigenvalue weighted by Gasteiger charge is 2.15. The Hall–Kier alpha value is -1.64. The van der Waals surface area contributed by atoms with Crippen LogP contribution in [0.3, 0.4) is 0 Å². The van der Waals surface area contributed by atoms with E-state index in [0.717, 1.165) is 16.6 Å². The summed E-state index contributed by atoms with van der Waals surface area (Å²) < 4.78 is 0.887. The molecular weight excluding hydrogens is 246 g/mol. The lowest BCUT2D eigenvalue weighted by molar-refractivity contribution is -0.884. The van der Waals surface area contributed by atoms with E-state index >= 15 is 0 Å². The van der Waals surface area contributed by atoms with E-state index in [1.807, 2.05) is 36.4 Å². The van der Waals surface area contributed by atoms with Gasteiger partial charge < -0.3 is 9.59 Å². The Bertz CT molecular complexity index is 543. The fourth-order valence-corrected chi connectivity index (χ4v) is 2.42. The third-order valence-electron chi connectivity index (χ3n) is 3.36. The van der Waals surface area contributed by atoms with Gasteiger partial charge in [0.2, 0.25) is 0 Å². The molecule has 0 amide bonds. The van der Waals surface area contributed by atoms with Crippen molar-refractivity contribution in [2.45, 2.75) is 19.1 Å². The molecular formula is C18H24NO+. The standard InChI is InChI=1S/C18H24NO/c1-19(2,3)14-17-12-8-7-11-16(17)13-18(20)15-9-5-4-6-10-15/h4-12,18,20H,13-14H2,1-3H3/q+1. The van der Waals surface area contributed by atoms with Crippen molar-refractivity contribution in [3.63, 3.8) is 0 Å². The van der Waals surface area contributed by atoms with Crippen molar-refractivity contribution in [1.29, 1.82) is 0 Å². The molecule has 0 saturated heterocycles. The first kappa shape index (κ1) is 14.8. The molecule has 0 bridgehead atoms. The Morgan fingerprint density at radius 2 is 1.40 bits per heavy atom. The average Bonchev–Trinajstić information content (AvgIpc) is 2.40. The molecule has 106 valence electrons. The largest absolute Gasteiger partial charge is 0.388 e. The maximum absolute atomic E-state index is 10.4. The fourth-order valence-electron chi connectivity index (χ4n) is 2.42. The number of quaternary nitrogens is 1. The zero-order valence-electron chi connectivity index (χ0n) is 12.6. The van der Waals surface area contributed by atoms with E-state index in [2.05, 4.69) is 39.3 Å². The van der Waals surface area contributed by atoms with Gasteiger partial charge in [-0.25, -0.2) is 0 Å². The normalized spacial score (nSPS) is 13.2. The van der Waals surface area contributed by atoms with E-state index in [1.165, 1.54) is 11.1 Å². The fraction of sp³-hybridized carbons (Fsp3) is 0.333. The molecule has 1 atom stereocenters. The van der Waals surface area contributed by atoms with E-state index < -0.39 is 6.10 Å². The molecule has 0 radical (unpaired) electrons. The number of hydrogen-bond acceptors (Lipinski definition) is 1. The summed E-state index contributed by atoms with van der Waals surface area (Å²) in [5, 5.41) is 10.4. The van der Waals surface area contributed by atoms with E-state index in [-0.39, 0.29) is 0 Å². The lowest BCUT2D eigenvalue weighted by atomic mass is 9.97. The van der Waals surface area contributed by atoms with Crippen LogP contribution in [0.4, 0.5) is 0 Å². The third kappa shape index (κ3) is 4.19. The smallest absolute Gasteiger partial charge is 0.104 e. The maximum Gasteiger partial charge on any atom is 0.104 e. The van der Waals surface area contributed by atoms with Crippen molar-refractivity contribution in [3.8, 4) is 0 Å².